The van der Waals surface area contributed by atoms with Crippen LogP contribution >= 0.6 is 15.9 Å². The van der Waals surface area contributed by atoms with E-state index < -0.39 is 0 Å². The van der Waals surface area contributed by atoms with Crippen molar-refractivity contribution < 1.29 is 13.6 Å². The van der Waals surface area contributed by atoms with Crippen LogP contribution in [0.25, 0.3) is 11.3 Å². The highest BCUT2D eigenvalue weighted by Crippen LogP contribution is 2.30. The van der Waals surface area contributed by atoms with Crippen LogP contribution in [0.2, 0.25) is 0 Å². The van der Waals surface area contributed by atoms with Crippen LogP contribution in [0, 0.1) is 12.7 Å². The first-order chi connectivity index (χ1) is 7.99. The molecule has 88 valence electrons. The van der Waals surface area contributed by atoms with E-state index in [1.54, 1.807) is 25.1 Å². The quantitative estimate of drug-likeness (QED) is 0.771. The normalized spacial score (nSPS) is 10.6. The van der Waals surface area contributed by atoms with Crippen LogP contribution in [0.3, 0.4) is 0 Å². The van der Waals surface area contributed by atoms with Gasteiger partial charge in [-0.2, -0.15) is 0 Å². The van der Waals surface area contributed by atoms with Gasteiger partial charge in [0.2, 0.25) is 0 Å². The van der Waals surface area contributed by atoms with Crippen LogP contribution in [0.5, 0.6) is 0 Å². The van der Waals surface area contributed by atoms with E-state index in [1.165, 1.54) is 13.0 Å². The molecule has 0 atom stereocenters. The minimum absolute atomic E-state index is 0.130. The van der Waals surface area contributed by atoms with Gasteiger partial charge in [0.1, 0.15) is 11.6 Å². The summed E-state index contributed by atoms with van der Waals surface area (Å²) in [4.78, 5) is 11.1. The zero-order chi connectivity index (χ0) is 12.6. The zero-order valence-electron chi connectivity index (χ0n) is 9.38. The van der Waals surface area contributed by atoms with E-state index in [0.717, 1.165) is 11.1 Å². The Kier molecular flexibility index (Phi) is 3.15. The summed E-state index contributed by atoms with van der Waals surface area (Å²) >= 11 is 3.13. The Bertz CT molecular complexity index is 587. The molecule has 2 rings (SSSR count). The molecule has 0 saturated heterocycles. The number of benzene rings is 1. The molecule has 0 fully saturated rings. The summed E-state index contributed by atoms with van der Waals surface area (Å²) < 4.78 is 19.1. The summed E-state index contributed by atoms with van der Waals surface area (Å²) in [5.41, 5.74) is 1.53. The van der Waals surface area contributed by atoms with Crippen LogP contribution in [-0.2, 0) is 0 Å². The molecule has 0 N–H and O–H groups in total. The van der Waals surface area contributed by atoms with Crippen molar-refractivity contribution in [3.05, 3.63) is 45.9 Å². The molecule has 0 unspecified atom stereocenters. The summed E-state index contributed by atoms with van der Waals surface area (Å²) in [6.07, 6.45) is 0. The minimum Gasteiger partial charge on any atom is -0.453 e. The second kappa shape index (κ2) is 4.45. The van der Waals surface area contributed by atoms with Gasteiger partial charge in [-0.25, -0.2) is 4.39 Å². The predicted octanol–water partition coefficient (Wildman–Crippen LogP) is 4.36. The Balaban J connectivity index is 2.52. The van der Waals surface area contributed by atoms with Crippen molar-refractivity contribution in [1.82, 2.24) is 0 Å². The number of halogens is 2. The number of rotatable bonds is 2. The van der Waals surface area contributed by atoms with Gasteiger partial charge in [0, 0.05) is 12.5 Å². The van der Waals surface area contributed by atoms with Crippen LogP contribution in [0.15, 0.2) is 33.2 Å². The van der Waals surface area contributed by atoms with Crippen molar-refractivity contribution in [1.29, 1.82) is 0 Å². The Morgan fingerprint density at radius 2 is 2.06 bits per heavy atom. The summed E-state index contributed by atoms with van der Waals surface area (Å²) in [5, 5.41) is 0. The number of carbonyl (C=O) groups excluding carboxylic acids is 1. The first-order valence-electron chi connectivity index (χ1n) is 5.06. The molecule has 0 saturated carbocycles. The molecule has 2 nitrogen and oxygen atoms in total. The number of aryl methyl sites for hydroxylation is 1. The van der Waals surface area contributed by atoms with E-state index in [2.05, 4.69) is 15.9 Å². The Morgan fingerprint density at radius 3 is 2.65 bits per heavy atom. The topological polar surface area (TPSA) is 30.2 Å². The lowest BCUT2D eigenvalue weighted by Crippen LogP contribution is -1.88. The lowest BCUT2D eigenvalue weighted by atomic mass is 10.1. The van der Waals surface area contributed by atoms with E-state index in [0.29, 0.717) is 16.0 Å². The Morgan fingerprint density at radius 1 is 1.35 bits per heavy atom. The third kappa shape index (κ3) is 2.31. The molecule has 0 aliphatic rings. The van der Waals surface area contributed by atoms with Gasteiger partial charge in [0.25, 0.3) is 0 Å². The van der Waals surface area contributed by atoms with Crippen molar-refractivity contribution in [3.63, 3.8) is 0 Å². The second-order valence-corrected chi connectivity index (χ2v) is 4.66. The molecule has 1 aromatic carbocycles. The maximum atomic E-state index is 13.3. The van der Waals surface area contributed by atoms with Gasteiger partial charge < -0.3 is 4.42 Å². The zero-order valence-corrected chi connectivity index (χ0v) is 11.0. The third-order valence-corrected chi connectivity index (χ3v) is 3.09. The van der Waals surface area contributed by atoms with Gasteiger partial charge >= 0.3 is 0 Å². The van der Waals surface area contributed by atoms with Gasteiger partial charge in [0.15, 0.2) is 11.5 Å². The molecule has 0 aliphatic heterocycles. The summed E-state index contributed by atoms with van der Waals surface area (Å²) in [6, 6.07) is 6.40. The third-order valence-electron chi connectivity index (χ3n) is 2.49. The fourth-order valence-electron chi connectivity index (χ4n) is 1.58. The highest BCUT2D eigenvalue weighted by Gasteiger charge is 2.12. The predicted molar refractivity (Wildman–Crippen MR) is 66.5 cm³/mol. The molecule has 0 amide bonds. The van der Waals surface area contributed by atoms with Crippen molar-refractivity contribution >= 4 is 21.7 Å². The van der Waals surface area contributed by atoms with E-state index in [-0.39, 0.29) is 11.6 Å². The standard InChI is InChI=1S/C13H10BrFO2/c1-7-5-11(15)10(14)6-9(7)13-4-3-12(17-13)8(2)16/h3-6H,1-2H3. The molecule has 0 radical (unpaired) electrons. The van der Waals surface area contributed by atoms with Gasteiger partial charge in [-0.3, -0.25) is 4.79 Å². The molecular formula is C13H10BrFO2. The lowest BCUT2D eigenvalue weighted by Gasteiger charge is -2.04. The number of hydrogen-bond donors (Lipinski definition) is 0. The first kappa shape index (κ1) is 12.0. The molecular weight excluding hydrogens is 287 g/mol. The molecule has 1 heterocycles. The van der Waals surface area contributed by atoms with Crippen LogP contribution in [-0.4, -0.2) is 5.78 Å². The molecule has 17 heavy (non-hydrogen) atoms. The van der Waals surface area contributed by atoms with Crippen molar-refractivity contribution in [2.24, 2.45) is 0 Å². The molecule has 0 aliphatic carbocycles. The summed E-state index contributed by atoms with van der Waals surface area (Å²) in [5.74, 6) is 0.424. The van der Waals surface area contributed by atoms with Crippen molar-refractivity contribution in [2.75, 3.05) is 0 Å². The number of furan rings is 1. The van der Waals surface area contributed by atoms with Gasteiger partial charge in [-0.15, -0.1) is 0 Å². The number of Topliss-reactive ketones (excluding diaryl/α,β-unsaturated/α-hetero) is 1. The lowest BCUT2D eigenvalue weighted by molar-refractivity contribution is 0.0988. The SMILES string of the molecule is CC(=O)c1ccc(-c2cc(Br)c(F)cc2C)o1. The average molecular weight is 297 g/mol. The molecule has 4 heteroatoms. The molecule has 0 bridgehead atoms. The van der Waals surface area contributed by atoms with E-state index in [1.807, 2.05) is 0 Å². The number of hydrogen-bond acceptors (Lipinski definition) is 2. The highest BCUT2D eigenvalue weighted by molar-refractivity contribution is 9.10. The maximum absolute atomic E-state index is 13.3. The average Bonchev–Trinajstić information content (AvgIpc) is 2.72. The fraction of sp³-hybridized carbons (Fsp3) is 0.154. The number of ketones is 1. The monoisotopic (exact) mass is 296 g/mol. The number of carbonyl (C=O) groups is 1. The smallest absolute Gasteiger partial charge is 0.194 e. The molecule has 2 aromatic rings. The van der Waals surface area contributed by atoms with Crippen LogP contribution < -0.4 is 0 Å². The maximum Gasteiger partial charge on any atom is 0.194 e. The largest absolute Gasteiger partial charge is 0.453 e. The fourth-order valence-corrected chi connectivity index (χ4v) is 1.93. The van der Waals surface area contributed by atoms with E-state index in [4.69, 9.17) is 4.42 Å². The second-order valence-electron chi connectivity index (χ2n) is 3.80. The Labute approximate surface area is 107 Å². The minimum atomic E-state index is -0.315. The van der Waals surface area contributed by atoms with E-state index in [9.17, 15) is 9.18 Å². The van der Waals surface area contributed by atoms with Gasteiger partial charge in [-0.05, 0) is 52.7 Å². The van der Waals surface area contributed by atoms with Crippen LogP contribution in [0.1, 0.15) is 23.0 Å². The molecule has 0 spiro atoms. The summed E-state index contributed by atoms with van der Waals surface area (Å²) in [6.45, 7) is 3.23. The Hall–Kier alpha value is -1.42. The van der Waals surface area contributed by atoms with Crippen LogP contribution in [0.4, 0.5) is 4.39 Å². The summed E-state index contributed by atoms with van der Waals surface area (Å²) in [7, 11) is 0. The van der Waals surface area contributed by atoms with Crippen molar-refractivity contribution in [2.45, 2.75) is 13.8 Å². The first-order valence-corrected chi connectivity index (χ1v) is 5.85. The molecule has 1 aromatic heterocycles. The van der Waals surface area contributed by atoms with Gasteiger partial charge in [0.05, 0.1) is 4.47 Å². The van der Waals surface area contributed by atoms with Crippen molar-refractivity contribution in [3.8, 4) is 11.3 Å². The van der Waals surface area contributed by atoms with Gasteiger partial charge in [-0.1, -0.05) is 0 Å². The van der Waals surface area contributed by atoms with E-state index >= 15 is 0 Å². The highest BCUT2D eigenvalue weighted by atomic mass is 79.9.